The zero-order valence-electron chi connectivity index (χ0n) is 20.3. The third-order valence-corrected chi connectivity index (χ3v) is 5.98. The molecule has 0 radical (unpaired) electrons. The lowest BCUT2D eigenvalue weighted by Crippen LogP contribution is -2.48. The summed E-state index contributed by atoms with van der Waals surface area (Å²) in [7, 11) is 0. The molecule has 3 aromatic rings. The smallest absolute Gasteiger partial charge is 0.404 e. The number of imidazole rings is 1. The minimum atomic E-state index is -0.732. The van der Waals surface area contributed by atoms with Crippen molar-refractivity contribution in [1.82, 2.24) is 29.5 Å². The lowest BCUT2D eigenvalue weighted by atomic mass is 10.1. The first-order valence-corrected chi connectivity index (χ1v) is 11.9. The van der Waals surface area contributed by atoms with Crippen molar-refractivity contribution in [2.45, 2.75) is 33.1 Å². The zero-order chi connectivity index (χ0) is 24.8. The average Bonchev–Trinajstić information content (AvgIpc) is 3.23. The molecule has 1 aliphatic heterocycles. The first-order chi connectivity index (χ1) is 16.9. The Bertz CT molecular complexity index is 1160. The van der Waals surface area contributed by atoms with Crippen molar-refractivity contribution in [3.8, 4) is 6.01 Å². The molecule has 12 heteroatoms. The topological polar surface area (TPSA) is 150 Å². The van der Waals surface area contributed by atoms with Gasteiger partial charge in [-0.05, 0) is 24.5 Å². The van der Waals surface area contributed by atoms with E-state index in [0.717, 1.165) is 61.7 Å². The first-order valence-electron chi connectivity index (χ1n) is 11.9. The number of hydrogen-bond donors (Lipinski definition) is 2. The highest BCUT2D eigenvalue weighted by Gasteiger charge is 2.20. The van der Waals surface area contributed by atoms with Gasteiger partial charge in [0.05, 0.1) is 18.5 Å². The molecule has 35 heavy (non-hydrogen) atoms. The van der Waals surface area contributed by atoms with Crippen LogP contribution >= 0.6 is 0 Å². The molecule has 1 amide bonds. The molecule has 3 aromatic heterocycles. The van der Waals surface area contributed by atoms with Gasteiger partial charge in [0.15, 0.2) is 11.5 Å². The van der Waals surface area contributed by atoms with Crippen LogP contribution < -0.4 is 21.1 Å². The van der Waals surface area contributed by atoms with Crippen molar-refractivity contribution < 1.29 is 14.3 Å². The van der Waals surface area contributed by atoms with Gasteiger partial charge in [0.25, 0.3) is 0 Å². The monoisotopic (exact) mass is 483 g/mol. The highest BCUT2D eigenvalue weighted by atomic mass is 16.5. The molecule has 0 bridgehead atoms. The number of piperazine rings is 1. The summed E-state index contributed by atoms with van der Waals surface area (Å²) in [6, 6.07) is 2.41. The van der Waals surface area contributed by atoms with Gasteiger partial charge in [0.1, 0.15) is 12.4 Å². The highest BCUT2D eigenvalue weighted by Crippen LogP contribution is 2.22. The maximum atomic E-state index is 10.7. The minimum absolute atomic E-state index is 0.257. The molecule has 4 rings (SSSR count). The van der Waals surface area contributed by atoms with Gasteiger partial charge in [-0.3, -0.25) is 4.90 Å². The van der Waals surface area contributed by atoms with Gasteiger partial charge >= 0.3 is 12.1 Å². The second-order valence-corrected chi connectivity index (χ2v) is 8.62. The van der Waals surface area contributed by atoms with Gasteiger partial charge < -0.3 is 25.8 Å². The predicted octanol–water partition coefficient (Wildman–Crippen LogP) is 1.40. The van der Waals surface area contributed by atoms with E-state index in [4.69, 9.17) is 25.9 Å². The number of fused-ring (bicyclic) bond motifs is 1. The highest BCUT2D eigenvalue weighted by molar-refractivity contribution is 5.64. The van der Waals surface area contributed by atoms with Crippen molar-refractivity contribution in [2.24, 2.45) is 5.73 Å². The molecular weight excluding hydrogens is 450 g/mol. The number of carbonyl (C=O) groups is 1. The number of amides is 1. The Kier molecular flexibility index (Phi) is 7.80. The summed E-state index contributed by atoms with van der Waals surface area (Å²) in [5, 5.41) is 4.49. The second-order valence-electron chi connectivity index (χ2n) is 8.62. The standard InChI is InChI=1S/C23H33N9O3/c1-3-4-10-35-23-28-19(24)21-27-15-18(32(21)29-23)13-17-12-16(2)20(26-14-17)31-7-5-30(6-8-31)9-11-34-22(25)33/h12,14-15H,3-11,13H2,1-2H3,(H2,25,33)(H2,24,28,29). The number of rotatable bonds is 10. The fourth-order valence-electron chi connectivity index (χ4n) is 4.14. The Morgan fingerprint density at radius 1 is 1.14 bits per heavy atom. The van der Waals surface area contributed by atoms with Crippen LogP contribution in [0.25, 0.3) is 5.65 Å². The molecule has 0 spiro atoms. The maximum absolute atomic E-state index is 10.7. The molecular formula is C23H33N9O3. The molecule has 4 N–H and O–H groups in total. The van der Waals surface area contributed by atoms with Crippen LogP contribution in [0.15, 0.2) is 18.5 Å². The summed E-state index contributed by atoms with van der Waals surface area (Å²) >= 11 is 0. The van der Waals surface area contributed by atoms with E-state index in [-0.39, 0.29) is 6.01 Å². The third-order valence-electron chi connectivity index (χ3n) is 5.98. The Labute approximate surface area is 204 Å². The molecule has 1 saturated heterocycles. The average molecular weight is 484 g/mol. The number of nitrogens with zero attached hydrogens (tertiary/aromatic N) is 7. The Hall–Kier alpha value is -3.67. The SMILES string of the molecule is CCCCOc1nc(N)c2ncc(Cc3cnc(N4CCN(CCOC(N)=O)CC4)c(C)c3)n2n1. The lowest BCUT2D eigenvalue weighted by Gasteiger charge is -2.35. The second kappa shape index (κ2) is 11.2. The molecule has 0 aromatic carbocycles. The number of aromatic nitrogens is 5. The lowest BCUT2D eigenvalue weighted by molar-refractivity contribution is 0.133. The van der Waals surface area contributed by atoms with Crippen LogP contribution in [0.1, 0.15) is 36.6 Å². The van der Waals surface area contributed by atoms with Crippen molar-refractivity contribution in [3.05, 3.63) is 35.3 Å². The van der Waals surface area contributed by atoms with E-state index in [1.165, 1.54) is 0 Å². The number of carbonyl (C=O) groups excluding carboxylic acids is 1. The summed E-state index contributed by atoms with van der Waals surface area (Å²) < 4.78 is 12.2. The molecule has 1 fully saturated rings. The Morgan fingerprint density at radius 3 is 2.66 bits per heavy atom. The van der Waals surface area contributed by atoms with E-state index in [1.54, 1.807) is 10.7 Å². The van der Waals surface area contributed by atoms with Gasteiger partial charge in [0, 0.05) is 45.3 Å². The van der Waals surface area contributed by atoms with Crippen LogP contribution in [-0.4, -0.2) is 81.5 Å². The number of nitrogens with two attached hydrogens (primary N) is 2. The van der Waals surface area contributed by atoms with Gasteiger partial charge in [-0.15, -0.1) is 5.10 Å². The van der Waals surface area contributed by atoms with Crippen molar-refractivity contribution >= 4 is 23.4 Å². The van der Waals surface area contributed by atoms with E-state index < -0.39 is 6.09 Å². The molecule has 1 aliphatic rings. The van der Waals surface area contributed by atoms with E-state index >= 15 is 0 Å². The largest absolute Gasteiger partial charge is 0.462 e. The third kappa shape index (κ3) is 6.07. The van der Waals surface area contributed by atoms with Gasteiger partial charge in [0.2, 0.25) is 0 Å². The van der Waals surface area contributed by atoms with Gasteiger partial charge in [-0.2, -0.15) is 4.98 Å². The van der Waals surface area contributed by atoms with Crippen LogP contribution in [-0.2, 0) is 11.2 Å². The number of aryl methyl sites for hydroxylation is 1. The fraction of sp³-hybridized carbons (Fsp3) is 0.522. The van der Waals surface area contributed by atoms with Gasteiger partial charge in [-0.25, -0.2) is 19.3 Å². The number of primary amides is 1. The quantitative estimate of drug-likeness (QED) is 0.405. The van der Waals surface area contributed by atoms with E-state index in [1.807, 2.05) is 6.20 Å². The number of anilines is 2. The Morgan fingerprint density at radius 2 is 1.94 bits per heavy atom. The predicted molar refractivity (Wildman–Crippen MR) is 132 cm³/mol. The molecule has 0 unspecified atom stereocenters. The van der Waals surface area contributed by atoms with E-state index in [0.29, 0.717) is 37.6 Å². The van der Waals surface area contributed by atoms with Crippen LogP contribution in [0, 0.1) is 6.92 Å². The van der Waals surface area contributed by atoms with Crippen LogP contribution in [0.3, 0.4) is 0 Å². The number of pyridine rings is 1. The minimum Gasteiger partial charge on any atom is -0.462 e. The van der Waals surface area contributed by atoms with Crippen LogP contribution in [0.4, 0.5) is 16.4 Å². The number of hydrogen-bond acceptors (Lipinski definition) is 10. The fourth-order valence-corrected chi connectivity index (χ4v) is 4.14. The molecule has 0 aliphatic carbocycles. The van der Waals surface area contributed by atoms with Crippen LogP contribution in [0.5, 0.6) is 6.01 Å². The summed E-state index contributed by atoms with van der Waals surface area (Å²) in [6.07, 6.45) is 5.49. The summed E-state index contributed by atoms with van der Waals surface area (Å²) in [6.45, 7) is 9.17. The van der Waals surface area contributed by atoms with Crippen molar-refractivity contribution in [1.29, 1.82) is 0 Å². The van der Waals surface area contributed by atoms with Gasteiger partial charge in [-0.1, -0.05) is 19.4 Å². The number of unbranched alkanes of at least 4 members (excludes halogenated alkanes) is 1. The number of nitrogen functional groups attached to an aromatic ring is 1. The summed E-state index contributed by atoms with van der Waals surface area (Å²) in [4.78, 5) is 28.6. The van der Waals surface area contributed by atoms with Crippen LogP contribution in [0.2, 0.25) is 0 Å². The molecule has 4 heterocycles. The summed E-state index contributed by atoms with van der Waals surface area (Å²) in [5.74, 6) is 1.28. The molecule has 0 saturated carbocycles. The Balaban J connectivity index is 1.41. The molecule has 188 valence electrons. The number of ether oxygens (including phenoxy) is 2. The van der Waals surface area contributed by atoms with E-state index in [2.05, 4.69) is 44.8 Å². The normalized spacial score (nSPS) is 14.4. The van der Waals surface area contributed by atoms with Crippen molar-refractivity contribution in [2.75, 3.05) is 56.6 Å². The maximum Gasteiger partial charge on any atom is 0.404 e. The first kappa shape index (κ1) is 24.5. The zero-order valence-corrected chi connectivity index (χ0v) is 20.3. The molecule has 12 nitrogen and oxygen atoms in total. The van der Waals surface area contributed by atoms with Crippen molar-refractivity contribution in [3.63, 3.8) is 0 Å². The van der Waals surface area contributed by atoms with E-state index in [9.17, 15) is 4.79 Å². The molecule has 0 atom stereocenters. The summed E-state index contributed by atoms with van der Waals surface area (Å²) in [5.41, 5.74) is 14.7.